The number of nitrogens with two attached hydrogens (primary N) is 1. The van der Waals surface area contributed by atoms with Crippen LogP contribution in [0.4, 0.5) is 0 Å². The Kier molecular flexibility index (Phi) is 7.59. The van der Waals surface area contributed by atoms with Gasteiger partial charge in [0.05, 0.1) is 12.9 Å². The molecule has 1 aromatic heterocycles. The number of ether oxygens (including phenoxy) is 1. The van der Waals surface area contributed by atoms with E-state index >= 15 is 0 Å². The molecule has 8 heteroatoms. The number of amides is 1. The Morgan fingerprint density at radius 2 is 2.00 bits per heavy atom. The van der Waals surface area contributed by atoms with E-state index in [4.69, 9.17) is 10.6 Å². The minimum absolute atomic E-state index is 0.0181. The van der Waals surface area contributed by atoms with Crippen molar-refractivity contribution in [2.75, 3.05) is 25.3 Å². The molecule has 2 rings (SSSR count). The maximum absolute atomic E-state index is 11.9. The summed E-state index contributed by atoms with van der Waals surface area (Å²) >= 11 is 1.27. The van der Waals surface area contributed by atoms with Crippen LogP contribution in [-0.2, 0) is 4.79 Å². The van der Waals surface area contributed by atoms with Crippen molar-refractivity contribution in [2.45, 2.75) is 37.8 Å². The molecule has 25 heavy (non-hydrogen) atoms. The number of nitrogen functional groups attached to an aromatic ring is 1. The molecular formula is C17H25N5O2S. The van der Waals surface area contributed by atoms with E-state index in [1.165, 1.54) is 29.3 Å². The molecule has 1 heterocycles. The molecule has 0 unspecified atom stereocenters. The van der Waals surface area contributed by atoms with Gasteiger partial charge in [0.1, 0.15) is 5.75 Å². The second kappa shape index (κ2) is 9.93. The summed E-state index contributed by atoms with van der Waals surface area (Å²) in [6.45, 7) is 2.88. The summed E-state index contributed by atoms with van der Waals surface area (Å²) in [6.07, 6.45) is 4.55. The monoisotopic (exact) mass is 363 g/mol. The molecule has 1 amide bonds. The lowest BCUT2D eigenvalue weighted by atomic mass is 10.2. The summed E-state index contributed by atoms with van der Waals surface area (Å²) in [7, 11) is 1.62. The molecule has 0 aliphatic carbocycles. The van der Waals surface area contributed by atoms with Gasteiger partial charge in [0.2, 0.25) is 11.1 Å². The van der Waals surface area contributed by atoms with Gasteiger partial charge in [-0.15, -0.1) is 10.2 Å². The van der Waals surface area contributed by atoms with E-state index in [1.54, 1.807) is 7.11 Å². The molecule has 0 radical (unpaired) electrons. The summed E-state index contributed by atoms with van der Waals surface area (Å²) in [5.74, 6) is 7.61. The third-order valence-electron chi connectivity index (χ3n) is 3.70. The zero-order valence-corrected chi connectivity index (χ0v) is 15.5. The summed E-state index contributed by atoms with van der Waals surface area (Å²) in [5, 5.41) is 11.6. The van der Waals surface area contributed by atoms with Crippen molar-refractivity contribution < 1.29 is 9.53 Å². The lowest BCUT2D eigenvalue weighted by molar-refractivity contribution is -0.118. The van der Waals surface area contributed by atoms with Crippen LogP contribution in [0.5, 0.6) is 5.75 Å². The number of carbonyl (C=O) groups excluding carboxylic acids is 1. The van der Waals surface area contributed by atoms with E-state index in [-0.39, 0.29) is 11.7 Å². The molecular weight excluding hydrogens is 338 g/mol. The van der Waals surface area contributed by atoms with E-state index in [9.17, 15) is 4.79 Å². The second-order valence-corrected chi connectivity index (χ2v) is 6.55. The fourth-order valence-electron chi connectivity index (χ4n) is 2.27. The quantitative estimate of drug-likeness (QED) is 0.382. The van der Waals surface area contributed by atoms with Crippen LogP contribution in [-0.4, -0.2) is 40.2 Å². The van der Waals surface area contributed by atoms with Gasteiger partial charge in [0, 0.05) is 12.1 Å². The van der Waals surface area contributed by atoms with Crippen molar-refractivity contribution in [1.29, 1.82) is 0 Å². The molecule has 7 nitrogen and oxygen atoms in total. The fourth-order valence-corrected chi connectivity index (χ4v) is 2.96. The predicted octanol–water partition coefficient (Wildman–Crippen LogP) is 2.46. The maximum atomic E-state index is 11.9. The molecule has 2 aromatic rings. The van der Waals surface area contributed by atoms with E-state index in [0.29, 0.717) is 17.5 Å². The molecule has 3 N–H and O–H groups in total. The standard InChI is InChI=1S/C17H25N5O2S/c1-3-4-5-6-11-19-15(23)12-25-17-21-20-16(22(17)18)13-7-9-14(24-2)10-8-13/h7-10H,3-6,11-12,18H2,1-2H3,(H,19,23). The Bertz CT molecular complexity index is 672. The number of hydrogen-bond donors (Lipinski definition) is 2. The first-order chi connectivity index (χ1) is 12.2. The van der Waals surface area contributed by atoms with Gasteiger partial charge >= 0.3 is 0 Å². The minimum atomic E-state index is -0.0181. The first kappa shape index (κ1) is 19.1. The number of nitrogens with one attached hydrogen (secondary N) is 1. The van der Waals surface area contributed by atoms with Crippen molar-refractivity contribution in [2.24, 2.45) is 0 Å². The molecule has 0 bridgehead atoms. The van der Waals surface area contributed by atoms with Gasteiger partial charge in [0.25, 0.3) is 0 Å². The normalized spacial score (nSPS) is 10.6. The predicted molar refractivity (Wildman–Crippen MR) is 100 cm³/mol. The van der Waals surface area contributed by atoms with Gasteiger partial charge in [-0.05, 0) is 30.7 Å². The number of unbranched alkanes of at least 4 members (excludes halogenated alkanes) is 3. The van der Waals surface area contributed by atoms with Crippen LogP contribution >= 0.6 is 11.8 Å². The van der Waals surface area contributed by atoms with Crippen LogP contribution in [0.15, 0.2) is 29.4 Å². The van der Waals surface area contributed by atoms with Crippen LogP contribution in [0.25, 0.3) is 11.4 Å². The third-order valence-corrected chi connectivity index (χ3v) is 4.64. The number of methoxy groups -OCH3 is 1. The topological polar surface area (TPSA) is 95.1 Å². The number of rotatable bonds is 10. The summed E-state index contributed by atoms with van der Waals surface area (Å²) in [5.41, 5.74) is 0.836. The van der Waals surface area contributed by atoms with Crippen molar-refractivity contribution in [3.05, 3.63) is 24.3 Å². The molecule has 0 fully saturated rings. The average molecular weight is 363 g/mol. The maximum Gasteiger partial charge on any atom is 0.230 e. The smallest absolute Gasteiger partial charge is 0.230 e. The number of nitrogens with zero attached hydrogens (tertiary/aromatic N) is 3. The molecule has 136 valence electrons. The van der Waals surface area contributed by atoms with Gasteiger partial charge < -0.3 is 15.9 Å². The Hall–Kier alpha value is -2.22. The van der Waals surface area contributed by atoms with E-state index < -0.39 is 0 Å². The molecule has 0 aliphatic heterocycles. The highest BCUT2D eigenvalue weighted by Crippen LogP contribution is 2.23. The van der Waals surface area contributed by atoms with Crippen molar-refractivity contribution in [3.8, 4) is 17.1 Å². The number of carbonyl (C=O) groups is 1. The Morgan fingerprint density at radius 3 is 2.68 bits per heavy atom. The highest BCUT2D eigenvalue weighted by Gasteiger charge is 2.13. The van der Waals surface area contributed by atoms with Gasteiger partial charge in [0.15, 0.2) is 5.82 Å². The Balaban J connectivity index is 1.85. The number of benzene rings is 1. The SMILES string of the molecule is CCCCCCNC(=O)CSc1nnc(-c2ccc(OC)cc2)n1N. The first-order valence-electron chi connectivity index (χ1n) is 8.40. The molecule has 0 aliphatic rings. The second-order valence-electron chi connectivity index (χ2n) is 5.60. The third kappa shape index (κ3) is 5.67. The average Bonchev–Trinajstić information content (AvgIpc) is 3.00. The van der Waals surface area contributed by atoms with Crippen LogP contribution in [0.3, 0.4) is 0 Å². The van der Waals surface area contributed by atoms with Gasteiger partial charge in [-0.1, -0.05) is 37.9 Å². The molecule has 0 saturated heterocycles. The van der Waals surface area contributed by atoms with Crippen LogP contribution in [0.1, 0.15) is 32.6 Å². The lowest BCUT2D eigenvalue weighted by Crippen LogP contribution is -2.26. The van der Waals surface area contributed by atoms with Crippen LogP contribution in [0, 0.1) is 0 Å². The molecule has 0 saturated carbocycles. The molecule has 0 atom stereocenters. The zero-order valence-electron chi connectivity index (χ0n) is 14.7. The van der Waals surface area contributed by atoms with Gasteiger partial charge in [-0.3, -0.25) is 4.79 Å². The van der Waals surface area contributed by atoms with Crippen molar-refractivity contribution >= 4 is 17.7 Å². The van der Waals surface area contributed by atoms with Crippen LogP contribution in [0.2, 0.25) is 0 Å². The number of aromatic nitrogens is 3. The zero-order chi connectivity index (χ0) is 18.1. The van der Waals surface area contributed by atoms with Crippen molar-refractivity contribution in [3.63, 3.8) is 0 Å². The van der Waals surface area contributed by atoms with E-state index in [1.807, 2.05) is 24.3 Å². The van der Waals surface area contributed by atoms with E-state index in [0.717, 1.165) is 24.2 Å². The van der Waals surface area contributed by atoms with Gasteiger partial charge in [-0.25, -0.2) is 4.68 Å². The summed E-state index contributed by atoms with van der Waals surface area (Å²) in [4.78, 5) is 11.9. The highest BCUT2D eigenvalue weighted by atomic mass is 32.2. The Morgan fingerprint density at radius 1 is 1.24 bits per heavy atom. The minimum Gasteiger partial charge on any atom is -0.497 e. The summed E-state index contributed by atoms with van der Waals surface area (Å²) in [6, 6.07) is 7.40. The highest BCUT2D eigenvalue weighted by molar-refractivity contribution is 7.99. The van der Waals surface area contributed by atoms with Crippen molar-refractivity contribution in [1.82, 2.24) is 20.2 Å². The van der Waals surface area contributed by atoms with Gasteiger partial charge in [-0.2, -0.15) is 0 Å². The first-order valence-corrected chi connectivity index (χ1v) is 9.38. The molecule has 1 aromatic carbocycles. The largest absolute Gasteiger partial charge is 0.497 e. The summed E-state index contributed by atoms with van der Waals surface area (Å²) < 4.78 is 6.54. The Labute approximate surface area is 152 Å². The lowest BCUT2D eigenvalue weighted by Gasteiger charge is -2.06. The van der Waals surface area contributed by atoms with Crippen LogP contribution < -0.4 is 15.9 Å². The van der Waals surface area contributed by atoms with E-state index in [2.05, 4.69) is 22.4 Å². The number of thioether (sulfide) groups is 1. The molecule has 0 spiro atoms. The fraction of sp³-hybridized carbons (Fsp3) is 0.471. The number of hydrogen-bond acceptors (Lipinski definition) is 6.